The third-order valence-electron chi connectivity index (χ3n) is 12.7. The Morgan fingerprint density at radius 1 is 0.250 bits per heavy atom. The Hall–Kier alpha value is -8.46. The van der Waals surface area contributed by atoms with Gasteiger partial charge < -0.3 is 9.32 Å². The van der Waals surface area contributed by atoms with E-state index in [1.54, 1.807) is 0 Å². The first kappa shape index (κ1) is 37.3. The molecule has 0 fully saturated rings. The molecule has 0 spiro atoms. The first-order valence-electron chi connectivity index (χ1n) is 21.9. The lowest BCUT2D eigenvalue weighted by molar-refractivity contribution is 0.632. The van der Waals surface area contributed by atoms with Gasteiger partial charge in [0.1, 0.15) is 11.3 Å². The molecule has 0 aliphatic heterocycles. The van der Waals surface area contributed by atoms with E-state index < -0.39 is 0 Å². The molecule has 2 nitrogen and oxygen atoms in total. The van der Waals surface area contributed by atoms with Gasteiger partial charge in [0.25, 0.3) is 0 Å². The monoisotopic (exact) mass is 815 g/mol. The summed E-state index contributed by atoms with van der Waals surface area (Å²) in [5.41, 5.74) is 14.5. The maximum Gasteiger partial charge on any atom is 0.136 e. The van der Waals surface area contributed by atoms with Gasteiger partial charge >= 0.3 is 0 Å². The zero-order valence-corrected chi connectivity index (χ0v) is 35.0. The maximum absolute atomic E-state index is 6.48. The van der Waals surface area contributed by atoms with E-state index in [2.05, 4.69) is 241 Å². The van der Waals surface area contributed by atoms with Crippen molar-refractivity contribution in [3.8, 4) is 55.8 Å². The minimum absolute atomic E-state index is 0.859. The smallest absolute Gasteiger partial charge is 0.136 e. The predicted molar refractivity (Wildman–Crippen MR) is 271 cm³/mol. The molecule has 0 N–H and O–H groups in total. The summed E-state index contributed by atoms with van der Waals surface area (Å²) in [5.74, 6) is 0.859. The largest absolute Gasteiger partial charge is 0.456 e. The quantitative estimate of drug-likeness (QED) is 0.142. The molecule has 0 amide bonds. The lowest BCUT2D eigenvalue weighted by Crippen LogP contribution is -2.09. The molecule has 12 aromatic rings. The molecular weight excluding hydrogens is 775 g/mol. The number of furan rings is 1. The molecule has 0 aliphatic rings. The van der Waals surface area contributed by atoms with E-state index >= 15 is 0 Å². The highest BCUT2D eigenvalue weighted by atomic mass is 16.3. The second kappa shape index (κ2) is 15.8. The molecule has 64 heavy (non-hydrogen) atoms. The van der Waals surface area contributed by atoms with Crippen molar-refractivity contribution in [2.24, 2.45) is 0 Å². The van der Waals surface area contributed by atoms with Crippen LogP contribution in [-0.2, 0) is 0 Å². The standard InChI is InChI=1S/C62H41NO/c1-2-11-44(12-3-1)58-37-30-49(40-60(58)62-41-51-15-6-9-20-61(51)64-62)43-25-33-53(34-26-43)63(54-35-27-47(28-36-54)57-19-10-16-45-13-4-7-17-55(45)57)52-31-23-42(24-32-52)48-29-38-59-50(39-48)22-21-46-14-5-8-18-56(46)59/h1-41H. The molecule has 0 aliphatic carbocycles. The lowest BCUT2D eigenvalue weighted by Gasteiger charge is -2.26. The molecule has 300 valence electrons. The van der Waals surface area contributed by atoms with E-state index in [1.807, 2.05) is 12.1 Å². The van der Waals surface area contributed by atoms with Crippen LogP contribution in [0.15, 0.2) is 253 Å². The van der Waals surface area contributed by atoms with Crippen molar-refractivity contribution >= 4 is 60.3 Å². The zero-order valence-electron chi connectivity index (χ0n) is 35.0. The van der Waals surface area contributed by atoms with Crippen molar-refractivity contribution in [3.05, 3.63) is 249 Å². The van der Waals surface area contributed by atoms with Gasteiger partial charge in [0, 0.05) is 28.0 Å². The van der Waals surface area contributed by atoms with Gasteiger partial charge in [0.2, 0.25) is 0 Å². The summed E-state index contributed by atoms with van der Waals surface area (Å²) in [6.07, 6.45) is 0. The highest BCUT2D eigenvalue weighted by Gasteiger charge is 2.17. The summed E-state index contributed by atoms with van der Waals surface area (Å²) >= 11 is 0. The maximum atomic E-state index is 6.48. The summed E-state index contributed by atoms with van der Waals surface area (Å²) in [7, 11) is 0. The normalized spacial score (nSPS) is 11.4. The summed E-state index contributed by atoms with van der Waals surface area (Å²) in [6.45, 7) is 0. The van der Waals surface area contributed by atoms with Crippen molar-refractivity contribution in [1.29, 1.82) is 0 Å². The third-order valence-corrected chi connectivity index (χ3v) is 12.7. The molecule has 12 rings (SSSR count). The number of benzene rings is 11. The fraction of sp³-hybridized carbons (Fsp3) is 0. The van der Waals surface area contributed by atoms with Gasteiger partial charge in [-0.25, -0.2) is 0 Å². The molecule has 11 aromatic carbocycles. The average Bonchev–Trinajstić information content (AvgIpc) is 3.81. The van der Waals surface area contributed by atoms with Crippen molar-refractivity contribution in [2.45, 2.75) is 0 Å². The van der Waals surface area contributed by atoms with Crippen molar-refractivity contribution < 1.29 is 4.42 Å². The SMILES string of the molecule is c1ccc(-c2ccc(-c3ccc(N(c4ccc(-c5ccc6c(ccc7ccccc76)c5)cc4)c4ccc(-c5cccc6ccccc56)cc4)cc3)cc2-c2cc3ccccc3o2)cc1. The van der Waals surface area contributed by atoms with E-state index in [4.69, 9.17) is 4.42 Å². The highest BCUT2D eigenvalue weighted by Crippen LogP contribution is 2.41. The number of hydrogen-bond acceptors (Lipinski definition) is 2. The van der Waals surface area contributed by atoms with Crippen LogP contribution in [0.2, 0.25) is 0 Å². The Bertz CT molecular complexity index is 3600. The van der Waals surface area contributed by atoms with Crippen LogP contribution >= 0.6 is 0 Å². The zero-order chi connectivity index (χ0) is 42.4. The Labute approximate surface area is 372 Å². The summed E-state index contributed by atoms with van der Waals surface area (Å²) in [6, 6.07) is 89.6. The van der Waals surface area contributed by atoms with Crippen LogP contribution in [0.4, 0.5) is 17.1 Å². The average molecular weight is 816 g/mol. The van der Waals surface area contributed by atoms with Gasteiger partial charge in [0.05, 0.1) is 0 Å². The number of anilines is 3. The van der Waals surface area contributed by atoms with Crippen LogP contribution < -0.4 is 4.90 Å². The van der Waals surface area contributed by atoms with Crippen LogP contribution in [0.3, 0.4) is 0 Å². The first-order valence-corrected chi connectivity index (χ1v) is 21.9. The van der Waals surface area contributed by atoms with Gasteiger partial charge in [-0.1, -0.05) is 188 Å². The summed E-state index contributed by atoms with van der Waals surface area (Å²) < 4.78 is 6.48. The molecule has 1 heterocycles. The van der Waals surface area contributed by atoms with Crippen LogP contribution in [0, 0.1) is 0 Å². The number of hydrogen-bond donors (Lipinski definition) is 0. The fourth-order valence-corrected chi connectivity index (χ4v) is 9.42. The second-order valence-corrected chi connectivity index (χ2v) is 16.5. The number of rotatable bonds is 8. The van der Waals surface area contributed by atoms with Crippen LogP contribution in [0.1, 0.15) is 0 Å². The molecular formula is C62H41NO. The van der Waals surface area contributed by atoms with Gasteiger partial charge in [-0.15, -0.1) is 0 Å². The van der Waals surface area contributed by atoms with Gasteiger partial charge in [-0.3, -0.25) is 0 Å². The summed E-state index contributed by atoms with van der Waals surface area (Å²) in [5, 5.41) is 8.65. The molecule has 0 unspecified atom stereocenters. The highest BCUT2D eigenvalue weighted by molar-refractivity contribution is 6.08. The van der Waals surface area contributed by atoms with Gasteiger partial charge in [-0.2, -0.15) is 0 Å². The number of nitrogens with zero attached hydrogens (tertiary/aromatic N) is 1. The summed E-state index contributed by atoms with van der Waals surface area (Å²) in [4.78, 5) is 2.35. The Balaban J connectivity index is 0.925. The third kappa shape index (κ3) is 6.79. The first-order chi connectivity index (χ1) is 31.7. The second-order valence-electron chi connectivity index (χ2n) is 16.5. The van der Waals surface area contributed by atoms with Crippen LogP contribution in [0.5, 0.6) is 0 Å². The fourth-order valence-electron chi connectivity index (χ4n) is 9.42. The molecule has 2 heteroatoms. The van der Waals surface area contributed by atoms with E-state index in [-0.39, 0.29) is 0 Å². The number of para-hydroxylation sites is 1. The Kier molecular flexibility index (Phi) is 9.20. The molecule has 0 saturated heterocycles. The minimum atomic E-state index is 0.859. The van der Waals surface area contributed by atoms with E-state index in [9.17, 15) is 0 Å². The molecule has 0 radical (unpaired) electrons. The Morgan fingerprint density at radius 2 is 0.750 bits per heavy atom. The van der Waals surface area contributed by atoms with Gasteiger partial charge in [-0.05, 0) is 137 Å². The van der Waals surface area contributed by atoms with Crippen molar-refractivity contribution in [2.75, 3.05) is 4.90 Å². The van der Waals surface area contributed by atoms with E-state index in [0.29, 0.717) is 0 Å². The van der Waals surface area contributed by atoms with Gasteiger partial charge in [0.15, 0.2) is 0 Å². The van der Waals surface area contributed by atoms with E-state index in [1.165, 1.54) is 54.6 Å². The van der Waals surface area contributed by atoms with Crippen molar-refractivity contribution in [3.63, 3.8) is 0 Å². The predicted octanol–water partition coefficient (Wildman–Crippen LogP) is 17.7. The molecule has 0 saturated carbocycles. The minimum Gasteiger partial charge on any atom is -0.456 e. The van der Waals surface area contributed by atoms with E-state index in [0.717, 1.165) is 61.6 Å². The van der Waals surface area contributed by atoms with Crippen LogP contribution in [0.25, 0.3) is 99.1 Å². The molecule has 1 aromatic heterocycles. The molecule has 0 atom stereocenters. The Morgan fingerprint density at radius 3 is 1.45 bits per heavy atom. The van der Waals surface area contributed by atoms with Crippen LogP contribution in [-0.4, -0.2) is 0 Å². The van der Waals surface area contributed by atoms with Crippen molar-refractivity contribution in [1.82, 2.24) is 0 Å². The molecule has 0 bridgehead atoms. The topological polar surface area (TPSA) is 16.4 Å². The number of fused-ring (bicyclic) bond motifs is 5. The lowest BCUT2D eigenvalue weighted by atomic mass is 9.93.